The minimum atomic E-state index is -0.367. The van der Waals surface area contributed by atoms with Crippen LogP contribution in [0, 0.1) is 11.3 Å². The highest BCUT2D eigenvalue weighted by molar-refractivity contribution is 5.96. The molecule has 1 saturated heterocycles. The molecule has 1 aromatic carbocycles. The molecule has 1 aliphatic heterocycles. The van der Waals surface area contributed by atoms with E-state index in [1.165, 1.54) is 0 Å². The second-order valence-electron chi connectivity index (χ2n) is 6.28. The molecule has 7 heteroatoms. The van der Waals surface area contributed by atoms with Crippen molar-refractivity contribution >= 4 is 11.8 Å². The molecule has 1 fully saturated rings. The maximum atomic E-state index is 12.4. The summed E-state index contributed by atoms with van der Waals surface area (Å²) in [6.45, 7) is 2.23. The van der Waals surface area contributed by atoms with E-state index in [2.05, 4.69) is 16.4 Å². The minimum absolute atomic E-state index is 0.0298. The molecular weight excluding hydrogens is 342 g/mol. The van der Waals surface area contributed by atoms with Gasteiger partial charge in [0.15, 0.2) is 0 Å². The first-order chi connectivity index (χ1) is 13.2. The van der Waals surface area contributed by atoms with Gasteiger partial charge in [-0.15, -0.1) is 0 Å². The molecule has 1 aliphatic rings. The van der Waals surface area contributed by atoms with Gasteiger partial charge in [0.25, 0.3) is 5.91 Å². The topological polar surface area (TPSA) is 89.3 Å². The van der Waals surface area contributed by atoms with E-state index in [1.54, 1.807) is 41.6 Å². The third-order valence-electron chi connectivity index (χ3n) is 4.59. The van der Waals surface area contributed by atoms with Crippen LogP contribution < -0.4 is 5.32 Å². The second kappa shape index (κ2) is 8.92. The van der Waals surface area contributed by atoms with Gasteiger partial charge < -0.3 is 10.2 Å². The van der Waals surface area contributed by atoms with Crippen molar-refractivity contribution in [2.24, 2.45) is 0 Å². The van der Waals surface area contributed by atoms with E-state index in [0.29, 0.717) is 31.7 Å². The van der Waals surface area contributed by atoms with E-state index in [9.17, 15) is 14.9 Å². The zero-order chi connectivity index (χ0) is 19.1. The summed E-state index contributed by atoms with van der Waals surface area (Å²) in [5.74, 6) is -0.377. The SMILES string of the molecule is N#CC(c1cccnc1)N1CCN(C(=O)CNC(=O)c2ccccc2)CC1. The molecule has 2 amide bonds. The molecule has 0 radical (unpaired) electrons. The first-order valence-electron chi connectivity index (χ1n) is 8.83. The largest absolute Gasteiger partial charge is 0.343 e. The van der Waals surface area contributed by atoms with Crippen LogP contribution in [0.2, 0.25) is 0 Å². The fourth-order valence-corrected chi connectivity index (χ4v) is 3.09. The maximum absolute atomic E-state index is 12.4. The van der Waals surface area contributed by atoms with Crippen molar-refractivity contribution in [2.45, 2.75) is 6.04 Å². The van der Waals surface area contributed by atoms with E-state index in [4.69, 9.17) is 0 Å². The maximum Gasteiger partial charge on any atom is 0.251 e. The van der Waals surface area contributed by atoms with Crippen LogP contribution in [0.15, 0.2) is 54.9 Å². The van der Waals surface area contributed by atoms with E-state index < -0.39 is 0 Å². The lowest BCUT2D eigenvalue weighted by Gasteiger charge is -2.37. The summed E-state index contributed by atoms with van der Waals surface area (Å²) >= 11 is 0. The number of benzene rings is 1. The summed E-state index contributed by atoms with van der Waals surface area (Å²) in [6.07, 6.45) is 3.38. The Morgan fingerprint density at radius 3 is 2.48 bits per heavy atom. The van der Waals surface area contributed by atoms with E-state index in [0.717, 1.165) is 5.56 Å². The van der Waals surface area contributed by atoms with Crippen molar-refractivity contribution in [1.29, 1.82) is 5.26 Å². The number of aromatic nitrogens is 1. The molecule has 1 atom stereocenters. The molecule has 138 valence electrons. The molecule has 0 bridgehead atoms. The third kappa shape index (κ3) is 4.68. The van der Waals surface area contributed by atoms with Crippen molar-refractivity contribution in [3.8, 4) is 6.07 Å². The van der Waals surface area contributed by atoms with Gasteiger partial charge in [-0.05, 0) is 18.2 Å². The number of hydrogen-bond acceptors (Lipinski definition) is 5. The first kappa shape index (κ1) is 18.5. The highest BCUT2D eigenvalue weighted by Crippen LogP contribution is 2.20. The number of piperazine rings is 1. The van der Waals surface area contributed by atoms with E-state index in [1.807, 2.05) is 23.1 Å². The molecule has 0 saturated carbocycles. The summed E-state index contributed by atoms with van der Waals surface area (Å²) in [4.78, 5) is 32.2. The van der Waals surface area contributed by atoms with Gasteiger partial charge in [-0.25, -0.2) is 0 Å². The van der Waals surface area contributed by atoms with Gasteiger partial charge in [0.1, 0.15) is 6.04 Å². The normalized spacial score (nSPS) is 15.6. The van der Waals surface area contributed by atoms with Crippen LogP contribution in [0.3, 0.4) is 0 Å². The van der Waals surface area contributed by atoms with Crippen molar-refractivity contribution in [3.05, 3.63) is 66.0 Å². The summed E-state index contributed by atoms with van der Waals surface area (Å²) < 4.78 is 0. The average Bonchev–Trinajstić information content (AvgIpc) is 2.74. The van der Waals surface area contributed by atoms with Crippen LogP contribution in [0.5, 0.6) is 0 Å². The smallest absolute Gasteiger partial charge is 0.251 e. The fraction of sp³-hybridized carbons (Fsp3) is 0.300. The standard InChI is InChI=1S/C20H21N5O2/c21-13-18(17-7-4-8-22-14-17)24-9-11-25(12-10-24)19(26)15-23-20(27)16-5-2-1-3-6-16/h1-8,14,18H,9-12,15H2,(H,23,27). The number of nitriles is 1. The Morgan fingerprint density at radius 1 is 1.11 bits per heavy atom. The average molecular weight is 363 g/mol. The molecule has 2 heterocycles. The van der Waals surface area contributed by atoms with Crippen LogP contribution in [0.4, 0.5) is 0 Å². The van der Waals surface area contributed by atoms with Gasteiger partial charge in [-0.2, -0.15) is 5.26 Å². The lowest BCUT2D eigenvalue weighted by molar-refractivity contribution is -0.132. The van der Waals surface area contributed by atoms with Crippen molar-refractivity contribution < 1.29 is 9.59 Å². The molecule has 0 spiro atoms. The lowest BCUT2D eigenvalue weighted by Crippen LogP contribution is -2.51. The highest BCUT2D eigenvalue weighted by Gasteiger charge is 2.27. The van der Waals surface area contributed by atoms with Crippen LogP contribution >= 0.6 is 0 Å². The summed E-state index contributed by atoms with van der Waals surface area (Å²) in [6, 6.07) is 14.5. The van der Waals surface area contributed by atoms with Crippen LogP contribution in [0.1, 0.15) is 22.0 Å². The van der Waals surface area contributed by atoms with E-state index in [-0.39, 0.29) is 24.4 Å². The molecular formula is C20H21N5O2. The Labute approximate surface area is 158 Å². The number of pyridine rings is 1. The molecule has 3 rings (SSSR count). The summed E-state index contributed by atoms with van der Waals surface area (Å²) in [7, 11) is 0. The Hall–Kier alpha value is -3.24. The van der Waals surface area contributed by atoms with Gasteiger partial charge >= 0.3 is 0 Å². The lowest BCUT2D eigenvalue weighted by atomic mass is 10.1. The molecule has 0 aliphatic carbocycles. The van der Waals surface area contributed by atoms with Crippen LogP contribution in [-0.2, 0) is 4.79 Å². The van der Waals surface area contributed by atoms with Crippen molar-refractivity contribution in [1.82, 2.24) is 20.1 Å². The predicted molar refractivity (Wildman–Crippen MR) is 99.5 cm³/mol. The number of rotatable bonds is 5. The van der Waals surface area contributed by atoms with Gasteiger partial charge in [0.2, 0.25) is 5.91 Å². The van der Waals surface area contributed by atoms with Crippen LogP contribution in [0.25, 0.3) is 0 Å². The molecule has 1 N–H and O–H groups in total. The van der Waals surface area contributed by atoms with Crippen molar-refractivity contribution in [3.63, 3.8) is 0 Å². The van der Waals surface area contributed by atoms with Crippen LogP contribution in [-0.4, -0.2) is 59.3 Å². The number of amides is 2. The first-order valence-corrected chi connectivity index (χ1v) is 8.83. The molecule has 7 nitrogen and oxygen atoms in total. The Bertz CT molecular complexity index is 811. The summed E-state index contributed by atoms with van der Waals surface area (Å²) in [5, 5.41) is 12.2. The quantitative estimate of drug-likeness (QED) is 0.863. The van der Waals surface area contributed by atoms with Gasteiger partial charge in [0.05, 0.1) is 12.6 Å². The fourth-order valence-electron chi connectivity index (χ4n) is 3.09. The Kier molecular flexibility index (Phi) is 6.13. The molecule has 27 heavy (non-hydrogen) atoms. The van der Waals surface area contributed by atoms with Gasteiger partial charge in [-0.1, -0.05) is 24.3 Å². The number of nitrogens with zero attached hydrogens (tertiary/aromatic N) is 4. The zero-order valence-electron chi connectivity index (χ0n) is 14.9. The number of carbonyl (C=O) groups excluding carboxylic acids is 2. The second-order valence-corrected chi connectivity index (χ2v) is 6.28. The molecule has 2 aromatic rings. The number of nitrogens with one attached hydrogen (secondary N) is 1. The summed E-state index contributed by atoms with van der Waals surface area (Å²) in [5.41, 5.74) is 1.39. The van der Waals surface area contributed by atoms with Crippen molar-refractivity contribution in [2.75, 3.05) is 32.7 Å². The number of carbonyl (C=O) groups is 2. The predicted octanol–water partition coefficient (Wildman–Crippen LogP) is 1.22. The molecule has 1 unspecified atom stereocenters. The molecule has 1 aromatic heterocycles. The van der Waals surface area contributed by atoms with Gasteiger partial charge in [-0.3, -0.25) is 19.5 Å². The minimum Gasteiger partial charge on any atom is -0.343 e. The zero-order valence-corrected chi connectivity index (χ0v) is 14.9. The third-order valence-corrected chi connectivity index (χ3v) is 4.59. The van der Waals surface area contributed by atoms with Gasteiger partial charge in [0, 0.05) is 49.7 Å². The Balaban J connectivity index is 1.49. The van der Waals surface area contributed by atoms with E-state index >= 15 is 0 Å². The highest BCUT2D eigenvalue weighted by atomic mass is 16.2. The number of hydrogen-bond donors (Lipinski definition) is 1. The monoisotopic (exact) mass is 363 g/mol. The Morgan fingerprint density at radius 2 is 1.85 bits per heavy atom.